The highest BCUT2D eigenvalue weighted by Gasteiger charge is 2.29. The number of carbonyl (C=O) groups excluding carboxylic acids is 1. The van der Waals surface area contributed by atoms with Crippen molar-refractivity contribution in [1.29, 1.82) is 0 Å². The number of carbonyl (C=O) groups is 1. The fraction of sp³-hybridized carbons (Fsp3) is 0.458. The molecule has 0 bridgehead atoms. The molecule has 0 N–H and O–H groups in total. The quantitative estimate of drug-likeness (QED) is 0.729. The van der Waals surface area contributed by atoms with E-state index >= 15 is 0 Å². The molecule has 2 aliphatic heterocycles. The molecule has 6 nitrogen and oxygen atoms in total. The van der Waals surface area contributed by atoms with Gasteiger partial charge in [-0.2, -0.15) is 4.31 Å². The molecule has 0 aliphatic carbocycles. The van der Waals surface area contributed by atoms with Crippen molar-refractivity contribution in [2.75, 3.05) is 44.2 Å². The molecule has 7 heteroatoms. The van der Waals surface area contributed by atoms with Gasteiger partial charge in [0.25, 0.3) is 5.91 Å². The van der Waals surface area contributed by atoms with Gasteiger partial charge < -0.3 is 9.80 Å². The van der Waals surface area contributed by atoms with Crippen molar-refractivity contribution in [3.8, 4) is 0 Å². The maximum atomic E-state index is 13.3. The number of hydrogen-bond donors (Lipinski definition) is 0. The van der Waals surface area contributed by atoms with Crippen molar-refractivity contribution in [1.82, 2.24) is 9.21 Å². The van der Waals surface area contributed by atoms with Crippen molar-refractivity contribution in [2.45, 2.75) is 38.0 Å². The molecule has 2 fully saturated rings. The van der Waals surface area contributed by atoms with Gasteiger partial charge in [-0.1, -0.05) is 30.7 Å². The van der Waals surface area contributed by atoms with E-state index in [4.69, 9.17) is 0 Å². The smallest absolute Gasteiger partial charge is 0.254 e. The lowest BCUT2D eigenvalue weighted by atomic mass is 10.1. The van der Waals surface area contributed by atoms with E-state index in [0.717, 1.165) is 37.9 Å². The summed E-state index contributed by atoms with van der Waals surface area (Å²) in [5.41, 5.74) is 3.74. The van der Waals surface area contributed by atoms with E-state index in [9.17, 15) is 13.2 Å². The van der Waals surface area contributed by atoms with Crippen LogP contribution in [0.1, 0.15) is 40.7 Å². The first-order valence-electron chi connectivity index (χ1n) is 11.1. The average Bonchev–Trinajstić information content (AvgIpc) is 2.80. The number of piperidine rings is 1. The van der Waals surface area contributed by atoms with E-state index in [1.54, 1.807) is 22.5 Å². The molecule has 2 aromatic rings. The number of amides is 1. The molecule has 0 aromatic heterocycles. The van der Waals surface area contributed by atoms with Crippen molar-refractivity contribution in [2.24, 2.45) is 0 Å². The zero-order valence-corrected chi connectivity index (χ0v) is 19.2. The standard InChI is InChI=1S/C24H31N3O3S/c1-19-10-11-21(31(29,30)27-12-6-3-7-13-27)18-22(19)24(28)26-16-14-25(15-17-26)23-9-5-4-8-20(23)2/h4-5,8-11,18H,3,6-7,12-17H2,1-2H3. The van der Waals surface area contributed by atoms with Crippen LogP contribution in [0.5, 0.6) is 0 Å². The maximum Gasteiger partial charge on any atom is 0.254 e. The van der Waals surface area contributed by atoms with Crippen LogP contribution in [0, 0.1) is 13.8 Å². The normalized spacial score (nSPS) is 18.3. The number of aryl methyl sites for hydroxylation is 2. The minimum absolute atomic E-state index is 0.0855. The third kappa shape index (κ3) is 4.48. The second-order valence-corrected chi connectivity index (χ2v) is 10.4. The molecule has 0 spiro atoms. The molecule has 2 saturated heterocycles. The minimum Gasteiger partial charge on any atom is -0.368 e. The van der Waals surface area contributed by atoms with Gasteiger partial charge in [0.2, 0.25) is 10.0 Å². The summed E-state index contributed by atoms with van der Waals surface area (Å²) in [5, 5.41) is 0. The molecule has 0 unspecified atom stereocenters. The molecule has 0 atom stereocenters. The van der Waals surface area contributed by atoms with E-state index < -0.39 is 10.0 Å². The number of hydrogen-bond acceptors (Lipinski definition) is 4. The van der Waals surface area contributed by atoms with E-state index in [0.29, 0.717) is 31.7 Å². The zero-order valence-electron chi connectivity index (χ0n) is 18.4. The van der Waals surface area contributed by atoms with Gasteiger partial charge in [0.05, 0.1) is 4.90 Å². The van der Waals surface area contributed by atoms with Crippen LogP contribution < -0.4 is 4.90 Å². The van der Waals surface area contributed by atoms with Crippen LogP contribution in [0.25, 0.3) is 0 Å². The monoisotopic (exact) mass is 441 g/mol. The Morgan fingerprint density at radius 2 is 1.48 bits per heavy atom. The number of sulfonamides is 1. The van der Waals surface area contributed by atoms with Crippen LogP contribution in [-0.2, 0) is 10.0 Å². The number of nitrogens with zero attached hydrogens (tertiary/aromatic N) is 3. The van der Waals surface area contributed by atoms with Crippen LogP contribution in [0.4, 0.5) is 5.69 Å². The Labute approximate surface area is 185 Å². The van der Waals surface area contributed by atoms with Gasteiger partial charge >= 0.3 is 0 Å². The lowest BCUT2D eigenvalue weighted by Gasteiger charge is -2.37. The lowest BCUT2D eigenvalue weighted by molar-refractivity contribution is 0.0746. The Bertz CT molecular complexity index is 1050. The largest absolute Gasteiger partial charge is 0.368 e. The van der Waals surface area contributed by atoms with E-state index in [1.807, 2.05) is 24.0 Å². The Kier molecular flexibility index (Phi) is 6.34. The Hall–Kier alpha value is -2.38. The van der Waals surface area contributed by atoms with Gasteiger partial charge in [0.15, 0.2) is 0 Å². The van der Waals surface area contributed by atoms with Gasteiger partial charge in [-0.05, 0) is 56.0 Å². The number of benzene rings is 2. The maximum absolute atomic E-state index is 13.3. The summed E-state index contributed by atoms with van der Waals surface area (Å²) in [5.74, 6) is -0.0855. The van der Waals surface area contributed by atoms with Crippen LogP contribution in [0.3, 0.4) is 0 Å². The van der Waals surface area contributed by atoms with Gasteiger partial charge in [-0.15, -0.1) is 0 Å². The van der Waals surface area contributed by atoms with Crippen molar-refractivity contribution < 1.29 is 13.2 Å². The van der Waals surface area contributed by atoms with Crippen LogP contribution in [0.15, 0.2) is 47.4 Å². The SMILES string of the molecule is Cc1ccc(S(=O)(=O)N2CCCCC2)cc1C(=O)N1CCN(c2ccccc2C)CC1. The zero-order chi connectivity index (χ0) is 22.0. The molecule has 166 valence electrons. The first-order valence-corrected chi connectivity index (χ1v) is 12.5. The van der Waals surface area contributed by atoms with Crippen LogP contribution in [0.2, 0.25) is 0 Å². The summed E-state index contributed by atoms with van der Waals surface area (Å²) in [6.45, 7) is 7.85. The molecular formula is C24H31N3O3S. The highest BCUT2D eigenvalue weighted by atomic mass is 32.2. The number of rotatable bonds is 4. The molecule has 2 aromatic carbocycles. The van der Waals surface area contributed by atoms with Crippen LogP contribution >= 0.6 is 0 Å². The summed E-state index contributed by atoms with van der Waals surface area (Å²) in [6, 6.07) is 13.3. The van der Waals surface area contributed by atoms with Gasteiger partial charge in [-0.3, -0.25) is 4.79 Å². The van der Waals surface area contributed by atoms with Gasteiger partial charge in [0.1, 0.15) is 0 Å². The predicted octanol–water partition coefficient (Wildman–Crippen LogP) is 3.44. The molecule has 0 saturated carbocycles. The second kappa shape index (κ2) is 9.01. The summed E-state index contributed by atoms with van der Waals surface area (Å²) >= 11 is 0. The molecule has 31 heavy (non-hydrogen) atoms. The summed E-state index contributed by atoms with van der Waals surface area (Å²) in [4.78, 5) is 17.7. The number of para-hydroxylation sites is 1. The summed E-state index contributed by atoms with van der Waals surface area (Å²) in [6.07, 6.45) is 2.85. The third-order valence-corrected chi connectivity index (χ3v) is 8.31. The number of anilines is 1. The van der Waals surface area contributed by atoms with Gasteiger partial charge in [-0.25, -0.2) is 8.42 Å². The minimum atomic E-state index is -3.56. The Balaban J connectivity index is 1.50. The molecule has 4 rings (SSSR count). The Morgan fingerprint density at radius 1 is 0.806 bits per heavy atom. The Morgan fingerprint density at radius 3 is 2.16 bits per heavy atom. The highest BCUT2D eigenvalue weighted by Crippen LogP contribution is 2.25. The molecule has 0 radical (unpaired) electrons. The fourth-order valence-electron chi connectivity index (χ4n) is 4.49. The summed E-state index contributed by atoms with van der Waals surface area (Å²) in [7, 11) is -3.56. The average molecular weight is 442 g/mol. The van der Waals surface area contributed by atoms with Crippen LogP contribution in [-0.4, -0.2) is 62.8 Å². The fourth-order valence-corrected chi connectivity index (χ4v) is 6.03. The van der Waals surface area contributed by atoms with Gasteiger partial charge in [0, 0.05) is 50.5 Å². The third-order valence-electron chi connectivity index (χ3n) is 6.42. The van der Waals surface area contributed by atoms with Crippen molar-refractivity contribution in [3.63, 3.8) is 0 Å². The first kappa shape index (κ1) is 21.8. The van der Waals surface area contributed by atoms with E-state index in [-0.39, 0.29) is 10.8 Å². The lowest BCUT2D eigenvalue weighted by Crippen LogP contribution is -2.49. The first-order chi connectivity index (χ1) is 14.9. The second-order valence-electron chi connectivity index (χ2n) is 8.51. The molecular weight excluding hydrogens is 410 g/mol. The van der Waals surface area contributed by atoms with Crippen molar-refractivity contribution >= 4 is 21.6 Å². The molecule has 2 heterocycles. The topological polar surface area (TPSA) is 60.9 Å². The summed E-state index contributed by atoms with van der Waals surface area (Å²) < 4.78 is 27.7. The predicted molar refractivity (Wildman–Crippen MR) is 123 cm³/mol. The highest BCUT2D eigenvalue weighted by molar-refractivity contribution is 7.89. The van der Waals surface area contributed by atoms with E-state index in [2.05, 4.69) is 24.0 Å². The molecule has 2 aliphatic rings. The van der Waals surface area contributed by atoms with E-state index in [1.165, 1.54) is 11.3 Å². The van der Waals surface area contributed by atoms with Crippen molar-refractivity contribution in [3.05, 3.63) is 59.2 Å². The number of piperazine rings is 1. The molecule has 1 amide bonds.